The Balaban J connectivity index is 1.89. The summed E-state index contributed by atoms with van der Waals surface area (Å²) in [5.74, 6) is -0.492. The predicted molar refractivity (Wildman–Crippen MR) is 103 cm³/mol. The summed E-state index contributed by atoms with van der Waals surface area (Å²) in [5, 5.41) is 4.29. The Bertz CT molecular complexity index is 1120. The second-order valence-electron chi connectivity index (χ2n) is 6.68. The highest BCUT2D eigenvalue weighted by molar-refractivity contribution is 7.92. The zero-order valence-corrected chi connectivity index (χ0v) is 17.3. The van der Waals surface area contributed by atoms with Gasteiger partial charge in [-0.15, -0.1) is 0 Å². The highest BCUT2D eigenvalue weighted by atomic mass is 32.2. The SMILES string of the molecule is COC(=O)c1ccc(NS(=O)(=O)c2c(C)nn([C@@H]3CCS(=O)(=O)C3)c2C)cc1. The molecular weight excluding hydrogens is 406 g/mol. The molecule has 0 saturated carbocycles. The highest BCUT2D eigenvalue weighted by Crippen LogP contribution is 2.29. The molecule has 2 heterocycles. The topological polar surface area (TPSA) is 124 Å². The monoisotopic (exact) mass is 427 g/mol. The number of hydrogen-bond donors (Lipinski definition) is 1. The van der Waals surface area contributed by atoms with Crippen LogP contribution in [-0.2, 0) is 24.6 Å². The molecule has 11 heteroatoms. The van der Waals surface area contributed by atoms with Crippen molar-refractivity contribution >= 4 is 31.5 Å². The van der Waals surface area contributed by atoms with E-state index >= 15 is 0 Å². The summed E-state index contributed by atoms with van der Waals surface area (Å²) in [4.78, 5) is 11.5. The second-order valence-corrected chi connectivity index (χ2v) is 10.5. The minimum absolute atomic E-state index is 0.0221. The smallest absolute Gasteiger partial charge is 0.337 e. The number of sulfonamides is 1. The molecule has 9 nitrogen and oxygen atoms in total. The lowest BCUT2D eigenvalue weighted by Crippen LogP contribution is -2.17. The van der Waals surface area contributed by atoms with Gasteiger partial charge in [-0.3, -0.25) is 9.40 Å². The molecule has 1 aliphatic heterocycles. The molecule has 2 aromatic rings. The summed E-state index contributed by atoms with van der Waals surface area (Å²) in [5.41, 5.74) is 1.26. The molecule has 0 spiro atoms. The third-order valence-electron chi connectivity index (χ3n) is 4.64. The van der Waals surface area contributed by atoms with Gasteiger partial charge in [-0.1, -0.05) is 0 Å². The third-order valence-corrected chi connectivity index (χ3v) is 8.02. The average Bonchev–Trinajstić information content (AvgIpc) is 3.13. The molecule has 0 bridgehead atoms. The van der Waals surface area contributed by atoms with E-state index in [9.17, 15) is 21.6 Å². The zero-order chi connectivity index (χ0) is 20.7. The fourth-order valence-electron chi connectivity index (χ4n) is 3.36. The first-order chi connectivity index (χ1) is 13.0. The number of carbonyl (C=O) groups excluding carboxylic acids is 1. The molecule has 1 atom stereocenters. The second kappa shape index (κ2) is 7.21. The quantitative estimate of drug-likeness (QED) is 0.716. The Morgan fingerprint density at radius 3 is 2.43 bits per heavy atom. The minimum atomic E-state index is -3.95. The number of nitrogens with zero attached hydrogens (tertiary/aromatic N) is 2. The summed E-state index contributed by atoms with van der Waals surface area (Å²) < 4.78 is 57.9. The van der Waals surface area contributed by atoms with Crippen molar-refractivity contribution in [1.82, 2.24) is 9.78 Å². The van der Waals surface area contributed by atoms with Gasteiger partial charge in [0.1, 0.15) is 4.90 Å². The standard InChI is InChI=1S/C17H21N3O6S2/c1-11-16(12(2)20(18-11)15-8-9-27(22,23)10-15)28(24,25)19-14-6-4-13(5-7-14)17(21)26-3/h4-7,15,19H,8-10H2,1-3H3/t15-/m1/s1. The van der Waals surface area contributed by atoms with Crippen molar-refractivity contribution in [3.63, 3.8) is 0 Å². The summed E-state index contributed by atoms with van der Waals surface area (Å²) in [6.07, 6.45) is 0.409. The van der Waals surface area contributed by atoms with Crippen molar-refractivity contribution in [2.45, 2.75) is 31.2 Å². The predicted octanol–water partition coefficient (Wildman–Crippen LogP) is 1.45. The van der Waals surface area contributed by atoms with Gasteiger partial charge in [0, 0.05) is 5.69 Å². The number of methoxy groups -OCH3 is 1. The minimum Gasteiger partial charge on any atom is -0.465 e. The Labute approximate surface area is 163 Å². The van der Waals surface area contributed by atoms with Gasteiger partial charge in [-0.25, -0.2) is 21.6 Å². The van der Waals surface area contributed by atoms with Crippen LogP contribution < -0.4 is 4.72 Å². The van der Waals surface area contributed by atoms with E-state index in [2.05, 4.69) is 14.6 Å². The summed E-state index contributed by atoms with van der Waals surface area (Å²) in [6, 6.07) is 5.46. The van der Waals surface area contributed by atoms with E-state index in [1.165, 1.54) is 36.1 Å². The van der Waals surface area contributed by atoms with Gasteiger partial charge in [0.25, 0.3) is 10.0 Å². The van der Waals surface area contributed by atoms with Crippen LogP contribution >= 0.6 is 0 Å². The van der Waals surface area contributed by atoms with Gasteiger partial charge < -0.3 is 4.74 Å². The van der Waals surface area contributed by atoms with E-state index < -0.39 is 25.8 Å². The molecule has 1 aromatic carbocycles. The van der Waals surface area contributed by atoms with Gasteiger partial charge >= 0.3 is 5.97 Å². The van der Waals surface area contributed by atoms with E-state index in [0.717, 1.165) is 0 Å². The van der Waals surface area contributed by atoms with Crippen molar-refractivity contribution in [3.8, 4) is 0 Å². The van der Waals surface area contributed by atoms with Crippen molar-refractivity contribution < 1.29 is 26.4 Å². The van der Waals surface area contributed by atoms with E-state index in [1.807, 2.05) is 0 Å². The number of aromatic nitrogens is 2. The van der Waals surface area contributed by atoms with Gasteiger partial charge in [0.2, 0.25) is 0 Å². The van der Waals surface area contributed by atoms with E-state index in [-0.39, 0.29) is 28.1 Å². The summed E-state index contributed by atoms with van der Waals surface area (Å²) in [7, 11) is -5.81. The molecule has 0 radical (unpaired) electrons. The number of anilines is 1. The Kier molecular flexibility index (Phi) is 5.24. The van der Waals surface area contributed by atoms with Crippen molar-refractivity contribution in [1.29, 1.82) is 0 Å². The highest BCUT2D eigenvalue weighted by Gasteiger charge is 2.33. The first kappa shape index (κ1) is 20.3. The van der Waals surface area contributed by atoms with Crippen molar-refractivity contribution in [3.05, 3.63) is 41.2 Å². The largest absolute Gasteiger partial charge is 0.465 e. The van der Waals surface area contributed by atoms with Gasteiger partial charge in [-0.2, -0.15) is 5.10 Å². The van der Waals surface area contributed by atoms with Crippen LogP contribution in [0.3, 0.4) is 0 Å². The van der Waals surface area contributed by atoms with Crippen molar-refractivity contribution in [2.24, 2.45) is 0 Å². The number of nitrogens with one attached hydrogen (secondary N) is 1. The molecule has 1 fully saturated rings. The van der Waals surface area contributed by atoms with E-state index in [4.69, 9.17) is 0 Å². The fraction of sp³-hybridized carbons (Fsp3) is 0.412. The van der Waals surface area contributed by atoms with Crippen LogP contribution in [0.25, 0.3) is 0 Å². The molecule has 1 saturated heterocycles. The number of esters is 1. The van der Waals surface area contributed by atoms with Crippen LogP contribution in [0.2, 0.25) is 0 Å². The molecule has 1 aromatic heterocycles. The number of carbonyl (C=O) groups is 1. The Hall–Kier alpha value is -2.40. The van der Waals surface area contributed by atoms with Crippen LogP contribution in [0.5, 0.6) is 0 Å². The zero-order valence-electron chi connectivity index (χ0n) is 15.7. The molecule has 0 aliphatic carbocycles. The molecule has 3 rings (SSSR count). The van der Waals surface area contributed by atoms with Crippen LogP contribution in [0, 0.1) is 13.8 Å². The molecule has 152 valence electrons. The van der Waals surface area contributed by atoms with E-state index in [0.29, 0.717) is 23.4 Å². The molecule has 28 heavy (non-hydrogen) atoms. The lowest BCUT2D eigenvalue weighted by Gasteiger charge is -2.12. The maximum atomic E-state index is 12.9. The van der Waals surface area contributed by atoms with Crippen LogP contribution in [0.1, 0.15) is 34.2 Å². The molecule has 0 unspecified atom stereocenters. The van der Waals surface area contributed by atoms with Crippen LogP contribution in [-0.4, -0.2) is 51.2 Å². The maximum absolute atomic E-state index is 12.9. The van der Waals surface area contributed by atoms with Gasteiger partial charge in [0.15, 0.2) is 9.84 Å². The number of sulfone groups is 1. The first-order valence-electron chi connectivity index (χ1n) is 8.51. The van der Waals surface area contributed by atoms with Crippen molar-refractivity contribution in [2.75, 3.05) is 23.3 Å². The number of ether oxygens (including phenoxy) is 1. The van der Waals surface area contributed by atoms with Gasteiger partial charge in [-0.05, 0) is 44.5 Å². The normalized spacial score (nSPS) is 18.8. The Morgan fingerprint density at radius 1 is 1.25 bits per heavy atom. The number of aryl methyl sites for hydroxylation is 1. The third kappa shape index (κ3) is 3.90. The fourth-order valence-corrected chi connectivity index (χ4v) is 6.51. The summed E-state index contributed by atoms with van der Waals surface area (Å²) in [6.45, 7) is 3.18. The number of benzene rings is 1. The average molecular weight is 428 g/mol. The summed E-state index contributed by atoms with van der Waals surface area (Å²) >= 11 is 0. The maximum Gasteiger partial charge on any atom is 0.337 e. The number of hydrogen-bond acceptors (Lipinski definition) is 7. The molecule has 1 N–H and O–H groups in total. The lowest BCUT2D eigenvalue weighted by atomic mass is 10.2. The number of rotatable bonds is 5. The van der Waals surface area contributed by atoms with Crippen LogP contribution in [0.4, 0.5) is 5.69 Å². The van der Waals surface area contributed by atoms with Gasteiger partial charge in [0.05, 0.1) is 41.6 Å². The molecular formula is C17H21N3O6S2. The first-order valence-corrected chi connectivity index (χ1v) is 11.8. The Morgan fingerprint density at radius 2 is 1.89 bits per heavy atom. The molecule has 0 amide bonds. The van der Waals surface area contributed by atoms with E-state index in [1.54, 1.807) is 13.8 Å². The molecule has 1 aliphatic rings. The lowest BCUT2D eigenvalue weighted by molar-refractivity contribution is 0.0600. The van der Waals surface area contributed by atoms with Crippen LogP contribution in [0.15, 0.2) is 29.2 Å².